The highest BCUT2D eigenvalue weighted by molar-refractivity contribution is 5.29. The molecule has 0 aliphatic carbocycles. The summed E-state index contributed by atoms with van der Waals surface area (Å²) in [6.07, 6.45) is 2.23. The molecule has 0 saturated carbocycles. The summed E-state index contributed by atoms with van der Waals surface area (Å²) in [5, 5.41) is 3.69. The fourth-order valence-electron chi connectivity index (χ4n) is 3.07. The van der Waals surface area contributed by atoms with E-state index >= 15 is 0 Å². The van der Waals surface area contributed by atoms with Crippen molar-refractivity contribution in [3.05, 3.63) is 29.6 Å². The van der Waals surface area contributed by atoms with Gasteiger partial charge < -0.3 is 10.1 Å². The molecule has 21 heavy (non-hydrogen) atoms. The van der Waals surface area contributed by atoms with E-state index in [1.54, 1.807) is 12.1 Å². The average molecular weight is 294 g/mol. The molecule has 1 atom stereocenters. The molecule has 1 N–H and O–H groups in total. The molecule has 1 aliphatic rings. The molecule has 1 heterocycles. The van der Waals surface area contributed by atoms with Crippen LogP contribution in [0.15, 0.2) is 18.2 Å². The maximum absolute atomic E-state index is 13.8. The third-order valence-corrected chi connectivity index (χ3v) is 4.86. The van der Waals surface area contributed by atoms with Crippen LogP contribution in [0.2, 0.25) is 0 Å². The molecule has 118 valence electrons. The first-order chi connectivity index (χ1) is 10.0. The van der Waals surface area contributed by atoms with Gasteiger partial charge in [-0.2, -0.15) is 0 Å². The van der Waals surface area contributed by atoms with Gasteiger partial charge >= 0.3 is 0 Å². The Morgan fingerprint density at radius 2 is 2.10 bits per heavy atom. The Balaban J connectivity index is 2.11. The van der Waals surface area contributed by atoms with Gasteiger partial charge in [0.15, 0.2) is 11.6 Å². The molecule has 1 saturated heterocycles. The second-order valence-electron chi connectivity index (χ2n) is 6.09. The average Bonchev–Trinajstić information content (AvgIpc) is 2.50. The third-order valence-electron chi connectivity index (χ3n) is 4.86. The van der Waals surface area contributed by atoms with Crippen molar-refractivity contribution < 1.29 is 9.13 Å². The van der Waals surface area contributed by atoms with Gasteiger partial charge in [-0.05, 0) is 37.5 Å². The maximum Gasteiger partial charge on any atom is 0.165 e. The Morgan fingerprint density at radius 3 is 2.67 bits per heavy atom. The standard InChI is InChI=1S/C17H27FN2O/c1-5-17(6-2)12-20(13(3)10-19-17)11-14-7-8-16(21-4)15(18)9-14/h7-9,13,19H,5-6,10-12H2,1-4H3. The second-order valence-corrected chi connectivity index (χ2v) is 6.09. The number of halogens is 1. The molecule has 3 nitrogen and oxygen atoms in total. The number of hydrogen-bond acceptors (Lipinski definition) is 3. The lowest BCUT2D eigenvalue weighted by Crippen LogP contribution is -2.62. The van der Waals surface area contributed by atoms with Crippen LogP contribution in [0.3, 0.4) is 0 Å². The van der Waals surface area contributed by atoms with Crippen molar-refractivity contribution in [2.45, 2.75) is 51.7 Å². The van der Waals surface area contributed by atoms with Crippen LogP contribution in [0.25, 0.3) is 0 Å². The van der Waals surface area contributed by atoms with Crippen molar-refractivity contribution in [1.29, 1.82) is 0 Å². The van der Waals surface area contributed by atoms with E-state index in [4.69, 9.17) is 4.74 Å². The van der Waals surface area contributed by atoms with Crippen molar-refractivity contribution in [2.24, 2.45) is 0 Å². The zero-order valence-electron chi connectivity index (χ0n) is 13.6. The zero-order chi connectivity index (χ0) is 15.5. The lowest BCUT2D eigenvalue weighted by molar-refractivity contribution is 0.0745. The van der Waals surface area contributed by atoms with Crippen molar-refractivity contribution in [2.75, 3.05) is 20.2 Å². The summed E-state index contributed by atoms with van der Waals surface area (Å²) in [6.45, 7) is 9.47. The normalized spacial score (nSPS) is 22.2. The number of hydrogen-bond donors (Lipinski definition) is 1. The minimum atomic E-state index is -0.282. The van der Waals surface area contributed by atoms with Gasteiger partial charge in [0.25, 0.3) is 0 Å². The number of benzene rings is 1. The molecular weight excluding hydrogens is 267 g/mol. The molecule has 1 unspecified atom stereocenters. The summed E-state index contributed by atoms with van der Waals surface area (Å²) in [4.78, 5) is 2.45. The van der Waals surface area contributed by atoms with Crippen molar-refractivity contribution in [3.8, 4) is 5.75 Å². The Kier molecular flexibility index (Phi) is 5.22. The Morgan fingerprint density at radius 1 is 1.38 bits per heavy atom. The molecule has 0 aromatic heterocycles. The lowest BCUT2D eigenvalue weighted by Gasteiger charge is -2.46. The summed E-state index contributed by atoms with van der Waals surface area (Å²) in [7, 11) is 1.49. The van der Waals surface area contributed by atoms with Crippen LogP contribution < -0.4 is 10.1 Å². The number of nitrogens with one attached hydrogen (secondary N) is 1. The molecule has 1 aromatic carbocycles. The van der Waals surface area contributed by atoms with Crippen LogP contribution in [-0.2, 0) is 6.54 Å². The topological polar surface area (TPSA) is 24.5 Å². The summed E-state index contributed by atoms with van der Waals surface area (Å²) in [5.74, 6) is 0.0265. The molecule has 1 aliphatic heterocycles. The number of piperazine rings is 1. The van der Waals surface area contributed by atoms with E-state index < -0.39 is 0 Å². The van der Waals surface area contributed by atoms with Crippen LogP contribution in [0.4, 0.5) is 4.39 Å². The summed E-state index contributed by atoms with van der Waals surface area (Å²) >= 11 is 0. The van der Waals surface area contributed by atoms with E-state index in [0.29, 0.717) is 11.8 Å². The van der Waals surface area contributed by atoms with Crippen LogP contribution >= 0.6 is 0 Å². The predicted molar refractivity (Wildman–Crippen MR) is 84.1 cm³/mol. The van der Waals surface area contributed by atoms with Gasteiger partial charge in [0.05, 0.1) is 7.11 Å². The Labute approximate surface area is 127 Å². The van der Waals surface area contributed by atoms with Gasteiger partial charge in [-0.1, -0.05) is 19.9 Å². The first kappa shape index (κ1) is 16.2. The summed E-state index contributed by atoms with van der Waals surface area (Å²) in [5.41, 5.74) is 1.19. The largest absolute Gasteiger partial charge is 0.494 e. The molecule has 0 amide bonds. The third kappa shape index (κ3) is 3.55. The van der Waals surface area contributed by atoms with Gasteiger partial charge in [-0.15, -0.1) is 0 Å². The number of ether oxygens (including phenoxy) is 1. The SMILES string of the molecule is CCC1(CC)CN(Cc2ccc(OC)c(F)c2)C(C)CN1. The number of rotatable bonds is 5. The summed E-state index contributed by atoms with van der Waals surface area (Å²) < 4.78 is 18.8. The van der Waals surface area contributed by atoms with E-state index in [2.05, 4.69) is 31.0 Å². The fourth-order valence-corrected chi connectivity index (χ4v) is 3.07. The van der Waals surface area contributed by atoms with Gasteiger partial charge in [-0.3, -0.25) is 4.90 Å². The minimum absolute atomic E-state index is 0.192. The van der Waals surface area contributed by atoms with Gasteiger partial charge in [0.2, 0.25) is 0 Å². The molecule has 4 heteroatoms. The van der Waals surface area contributed by atoms with Gasteiger partial charge in [0.1, 0.15) is 0 Å². The quantitative estimate of drug-likeness (QED) is 0.902. The lowest BCUT2D eigenvalue weighted by atomic mass is 9.88. The summed E-state index contributed by atoms with van der Waals surface area (Å²) in [6, 6.07) is 5.72. The Hall–Kier alpha value is -1.13. The Bertz CT molecular complexity index is 474. The molecule has 1 aromatic rings. The van der Waals surface area contributed by atoms with E-state index in [9.17, 15) is 4.39 Å². The molecule has 0 bridgehead atoms. The monoisotopic (exact) mass is 294 g/mol. The molecule has 1 fully saturated rings. The van der Waals surface area contributed by atoms with Crippen LogP contribution in [-0.4, -0.2) is 36.7 Å². The van der Waals surface area contributed by atoms with Crippen molar-refractivity contribution in [1.82, 2.24) is 10.2 Å². The van der Waals surface area contributed by atoms with Crippen LogP contribution in [0.1, 0.15) is 39.2 Å². The van der Waals surface area contributed by atoms with Crippen LogP contribution in [0.5, 0.6) is 5.75 Å². The maximum atomic E-state index is 13.8. The first-order valence-electron chi connectivity index (χ1n) is 7.85. The van der Waals surface area contributed by atoms with E-state index in [1.807, 2.05) is 6.07 Å². The molecular formula is C17H27FN2O. The highest BCUT2D eigenvalue weighted by Crippen LogP contribution is 2.25. The second kappa shape index (κ2) is 6.75. The van der Waals surface area contributed by atoms with Crippen molar-refractivity contribution >= 4 is 0 Å². The fraction of sp³-hybridized carbons (Fsp3) is 0.647. The highest BCUT2D eigenvalue weighted by atomic mass is 19.1. The van der Waals surface area contributed by atoms with Crippen LogP contribution in [0, 0.1) is 5.82 Å². The minimum Gasteiger partial charge on any atom is -0.494 e. The van der Waals surface area contributed by atoms with Crippen molar-refractivity contribution in [3.63, 3.8) is 0 Å². The van der Waals surface area contributed by atoms with Gasteiger partial charge in [0, 0.05) is 31.2 Å². The first-order valence-corrected chi connectivity index (χ1v) is 7.85. The molecule has 2 rings (SSSR count). The molecule has 0 radical (unpaired) electrons. The van der Waals surface area contributed by atoms with E-state index in [1.165, 1.54) is 7.11 Å². The number of methoxy groups -OCH3 is 1. The smallest absolute Gasteiger partial charge is 0.165 e. The zero-order valence-corrected chi connectivity index (χ0v) is 13.6. The number of nitrogens with zero attached hydrogens (tertiary/aromatic N) is 1. The molecule has 0 spiro atoms. The highest BCUT2D eigenvalue weighted by Gasteiger charge is 2.34. The van der Waals surface area contributed by atoms with Gasteiger partial charge in [-0.25, -0.2) is 4.39 Å². The predicted octanol–water partition coefficient (Wildman–Crippen LogP) is 3.19. The van der Waals surface area contributed by atoms with E-state index in [0.717, 1.165) is 38.0 Å². The van der Waals surface area contributed by atoms with E-state index in [-0.39, 0.29) is 11.4 Å².